The Balaban J connectivity index is 1.63. The molecule has 28 heavy (non-hydrogen) atoms. The molecule has 0 spiro atoms. The van der Waals surface area contributed by atoms with E-state index in [0.29, 0.717) is 0 Å². The van der Waals surface area contributed by atoms with Gasteiger partial charge in [-0.25, -0.2) is 0 Å². The van der Waals surface area contributed by atoms with E-state index >= 15 is 0 Å². The molecule has 0 saturated carbocycles. The number of hydrogen-bond donors (Lipinski definition) is 1. The fourth-order valence-corrected chi connectivity index (χ4v) is 3.15. The maximum Gasteiger partial charge on any atom is 0.387 e. The number of benzene rings is 2. The van der Waals surface area contributed by atoms with Gasteiger partial charge in [-0.3, -0.25) is 9.59 Å². The minimum atomic E-state index is -2.87. The van der Waals surface area contributed by atoms with E-state index in [4.69, 9.17) is 0 Å². The monoisotopic (exact) mass is 386 g/mol. The summed E-state index contributed by atoms with van der Waals surface area (Å²) in [5, 5.41) is 2.81. The predicted molar refractivity (Wildman–Crippen MR) is 100 cm³/mol. The Labute approximate surface area is 161 Å². The Hall–Kier alpha value is -3.22. The number of nitrogens with one attached hydrogen (secondary N) is 1. The van der Waals surface area contributed by atoms with E-state index in [-0.39, 0.29) is 36.6 Å². The molecule has 3 rings (SSSR count). The highest BCUT2D eigenvalue weighted by molar-refractivity contribution is 5.81. The number of amides is 2. The van der Waals surface area contributed by atoms with Crippen LogP contribution in [-0.4, -0.2) is 23.3 Å². The highest BCUT2D eigenvalue weighted by Gasteiger charge is 2.28. The molecule has 0 radical (unpaired) electrons. The Morgan fingerprint density at radius 2 is 1.86 bits per heavy atom. The van der Waals surface area contributed by atoms with E-state index < -0.39 is 6.61 Å². The molecule has 1 heterocycles. The average Bonchev–Trinajstić information content (AvgIpc) is 2.67. The van der Waals surface area contributed by atoms with Crippen molar-refractivity contribution in [3.05, 3.63) is 71.4 Å². The number of ether oxygens (including phenoxy) is 1. The normalized spacial score (nSPS) is 15.3. The molecule has 2 aromatic carbocycles. The second-order valence-corrected chi connectivity index (χ2v) is 6.39. The molecule has 146 valence electrons. The maximum absolute atomic E-state index is 12.5. The molecule has 1 aliphatic heterocycles. The van der Waals surface area contributed by atoms with Crippen molar-refractivity contribution in [2.45, 2.75) is 32.5 Å². The Kier molecular flexibility index (Phi) is 6.03. The highest BCUT2D eigenvalue weighted by Crippen LogP contribution is 2.32. The highest BCUT2D eigenvalue weighted by atomic mass is 19.3. The third kappa shape index (κ3) is 4.73. The number of fused-ring (bicyclic) bond motifs is 1. The van der Waals surface area contributed by atoms with Gasteiger partial charge < -0.3 is 15.0 Å². The number of rotatable bonds is 6. The van der Waals surface area contributed by atoms with E-state index in [2.05, 4.69) is 10.1 Å². The van der Waals surface area contributed by atoms with Gasteiger partial charge in [0.25, 0.3) is 0 Å². The quantitative estimate of drug-likeness (QED) is 0.820. The van der Waals surface area contributed by atoms with Crippen LogP contribution in [0.1, 0.15) is 36.1 Å². The largest absolute Gasteiger partial charge is 0.435 e. The third-order valence-corrected chi connectivity index (χ3v) is 4.49. The van der Waals surface area contributed by atoms with Crippen LogP contribution in [0.2, 0.25) is 0 Å². The summed E-state index contributed by atoms with van der Waals surface area (Å²) in [4.78, 5) is 26.0. The van der Waals surface area contributed by atoms with Crippen molar-refractivity contribution in [2.24, 2.45) is 0 Å². The van der Waals surface area contributed by atoms with Crippen molar-refractivity contribution in [2.75, 3.05) is 0 Å². The summed E-state index contributed by atoms with van der Waals surface area (Å²) in [6.45, 7) is -1.16. The van der Waals surface area contributed by atoms with E-state index in [1.54, 1.807) is 23.2 Å². The molecule has 0 aliphatic carbocycles. The molecule has 1 N–H and O–H groups in total. The lowest BCUT2D eigenvalue weighted by atomic mass is 9.93. The van der Waals surface area contributed by atoms with E-state index in [9.17, 15) is 18.4 Å². The number of carbonyl (C=O) groups is 2. The van der Waals surface area contributed by atoms with Crippen molar-refractivity contribution in [3.8, 4) is 5.75 Å². The third-order valence-electron chi connectivity index (χ3n) is 4.49. The summed E-state index contributed by atoms with van der Waals surface area (Å²) in [6, 6.07) is 13.3. The van der Waals surface area contributed by atoms with E-state index in [1.165, 1.54) is 19.1 Å². The topological polar surface area (TPSA) is 58.6 Å². The van der Waals surface area contributed by atoms with Crippen LogP contribution in [-0.2, 0) is 16.1 Å². The molecule has 0 bridgehead atoms. The summed E-state index contributed by atoms with van der Waals surface area (Å²) in [7, 11) is 0. The molecule has 1 aliphatic rings. The van der Waals surface area contributed by atoms with Gasteiger partial charge in [0.05, 0.1) is 12.5 Å². The van der Waals surface area contributed by atoms with Crippen molar-refractivity contribution in [1.29, 1.82) is 0 Å². The predicted octanol–water partition coefficient (Wildman–Crippen LogP) is 3.87. The van der Waals surface area contributed by atoms with Gasteiger partial charge in [-0.1, -0.05) is 36.4 Å². The molecule has 0 fully saturated rings. The molecule has 7 heteroatoms. The van der Waals surface area contributed by atoms with Gasteiger partial charge in [0.15, 0.2) is 0 Å². The number of alkyl halides is 2. The fraction of sp³-hybridized carbons (Fsp3) is 0.238. The number of halogens is 2. The summed E-state index contributed by atoms with van der Waals surface area (Å²) in [6.07, 6.45) is 3.67. The minimum Gasteiger partial charge on any atom is -0.435 e. The van der Waals surface area contributed by atoms with Crippen LogP contribution >= 0.6 is 0 Å². The summed E-state index contributed by atoms with van der Waals surface area (Å²) < 4.78 is 28.7. The van der Waals surface area contributed by atoms with Crippen molar-refractivity contribution in [1.82, 2.24) is 10.2 Å². The van der Waals surface area contributed by atoms with Crippen LogP contribution in [0.15, 0.2) is 54.7 Å². The molecular weight excluding hydrogens is 366 g/mol. The first-order chi connectivity index (χ1) is 13.4. The Morgan fingerprint density at radius 3 is 2.54 bits per heavy atom. The Bertz CT molecular complexity index is 881. The summed E-state index contributed by atoms with van der Waals surface area (Å²) in [5.41, 5.74) is 2.65. The lowest BCUT2D eigenvalue weighted by Gasteiger charge is -2.32. The second-order valence-electron chi connectivity index (χ2n) is 6.39. The van der Waals surface area contributed by atoms with Crippen LogP contribution in [0.5, 0.6) is 5.75 Å². The summed E-state index contributed by atoms with van der Waals surface area (Å²) in [5.74, 6) is -0.291. The van der Waals surface area contributed by atoms with Gasteiger partial charge in [0.2, 0.25) is 11.8 Å². The Morgan fingerprint density at radius 1 is 1.14 bits per heavy atom. The van der Waals surface area contributed by atoms with Crippen molar-refractivity contribution in [3.63, 3.8) is 0 Å². The maximum atomic E-state index is 12.5. The molecule has 5 nitrogen and oxygen atoms in total. The molecule has 2 aromatic rings. The van der Waals surface area contributed by atoms with Gasteiger partial charge >= 0.3 is 6.61 Å². The number of hydrogen-bond acceptors (Lipinski definition) is 3. The second kappa shape index (κ2) is 8.65. The van der Waals surface area contributed by atoms with Gasteiger partial charge in [0.1, 0.15) is 5.75 Å². The van der Waals surface area contributed by atoms with E-state index in [0.717, 1.165) is 16.7 Å². The zero-order chi connectivity index (χ0) is 20.1. The molecule has 0 saturated heterocycles. The summed E-state index contributed by atoms with van der Waals surface area (Å²) >= 11 is 0. The van der Waals surface area contributed by atoms with Gasteiger partial charge in [-0.2, -0.15) is 8.78 Å². The van der Waals surface area contributed by atoms with E-state index in [1.807, 2.05) is 30.3 Å². The lowest BCUT2D eigenvalue weighted by Crippen LogP contribution is -2.35. The van der Waals surface area contributed by atoms with Crippen molar-refractivity contribution >= 4 is 17.9 Å². The average molecular weight is 386 g/mol. The van der Waals surface area contributed by atoms with Crippen LogP contribution in [0.3, 0.4) is 0 Å². The SMILES string of the molecule is CC(=O)N1C=Cc2ccccc2C1CC(=O)NCc1ccc(OC(F)F)cc1. The van der Waals surface area contributed by atoms with Crippen LogP contribution in [0, 0.1) is 0 Å². The van der Waals surface area contributed by atoms with Crippen LogP contribution < -0.4 is 10.1 Å². The van der Waals surface area contributed by atoms with Crippen molar-refractivity contribution < 1.29 is 23.1 Å². The first-order valence-corrected chi connectivity index (χ1v) is 8.80. The van der Waals surface area contributed by atoms with Gasteiger partial charge in [-0.15, -0.1) is 0 Å². The minimum absolute atomic E-state index is 0.0628. The first-order valence-electron chi connectivity index (χ1n) is 8.80. The first kappa shape index (κ1) is 19.5. The molecule has 1 unspecified atom stereocenters. The smallest absolute Gasteiger partial charge is 0.387 e. The zero-order valence-electron chi connectivity index (χ0n) is 15.3. The molecule has 1 atom stereocenters. The standard InChI is InChI=1S/C21H20F2N2O3/c1-14(26)25-11-10-16-4-2-3-5-18(16)19(25)12-20(27)24-13-15-6-8-17(9-7-15)28-21(22)23/h2-11,19,21H,12-13H2,1H3,(H,24,27). The van der Waals surface area contributed by atoms with Crippen LogP contribution in [0.25, 0.3) is 6.08 Å². The lowest BCUT2D eigenvalue weighted by molar-refractivity contribution is -0.130. The fourth-order valence-electron chi connectivity index (χ4n) is 3.15. The molecule has 2 amide bonds. The number of carbonyl (C=O) groups excluding carboxylic acids is 2. The molecule has 0 aromatic heterocycles. The van der Waals surface area contributed by atoms with Crippen LogP contribution in [0.4, 0.5) is 8.78 Å². The zero-order valence-corrected chi connectivity index (χ0v) is 15.3. The molecular formula is C21H20F2N2O3. The number of nitrogens with zero attached hydrogens (tertiary/aromatic N) is 1. The van der Waals surface area contributed by atoms with Gasteiger partial charge in [-0.05, 0) is 34.9 Å². The van der Waals surface area contributed by atoms with Gasteiger partial charge in [0, 0.05) is 19.7 Å².